The van der Waals surface area contributed by atoms with E-state index in [4.69, 9.17) is 11.6 Å². The fraction of sp³-hybridized carbons (Fsp3) is 0. The van der Waals surface area contributed by atoms with Crippen LogP contribution in [-0.4, -0.2) is 14.4 Å². The molecule has 0 aliphatic carbocycles. The van der Waals surface area contributed by atoms with Crippen LogP contribution in [0.15, 0.2) is 60.0 Å². The van der Waals surface area contributed by atoms with Crippen LogP contribution in [0.4, 0.5) is 10.5 Å². The molecule has 0 aliphatic rings. The second-order valence-electron chi connectivity index (χ2n) is 4.32. The molecule has 2 aromatic carbocycles. The second kappa shape index (κ2) is 7.11. The monoisotopic (exact) mass is 336 g/mol. The quantitative estimate of drug-likeness (QED) is 0.897. The third-order valence-corrected chi connectivity index (χ3v) is 3.76. The van der Waals surface area contributed by atoms with Gasteiger partial charge in [0.2, 0.25) is 0 Å². The Kier molecular flexibility index (Phi) is 5.19. The summed E-state index contributed by atoms with van der Waals surface area (Å²) in [4.78, 5) is 11.7. The van der Waals surface area contributed by atoms with Crippen LogP contribution in [0.1, 0.15) is 5.56 Å². The zero-order valence-corrected chi connectivity index (χ0v) is 12.9. The highest BCUT2D eigenvalue weighted by molar-refractivity contribution is 7.93. The van der Waals surface area contributed by atoms with Crippen LogP contribution in [-0.2, 0) is 10.0 Å². The Labute approximate surface area is 133 Å². The Balaban J connectivity index is 1.99. The lowest BCUT2D eigenvalue weighted by molar-refractivity contribution is 0.256. The number of carbonyl (C=O) groups is 1. The predicted octanol–water partition coefficient (Wildman–Crippen LogP) is 3.46. The standard InChI is InChI=1S/C15H13ClN2O3S/c16-13-7-4-8-14(11-13)17-15(19)18-22(20,21)10-9-12-5-2-1-3-6-12/h1-11H,(H2,17,18,19). The molecule has 0 bridgehead atoms. The third-order valence-electron chi connectivity index (χ3n) is 2.56. The SMILES string of the molecule is O=C(Nc1cccc(Cl)c1)NS(=O)(=O)C=Cc1ccccc1. The van der Waals surface area contributed by atoms with Crippen LogP contribution in [0, 0.1) is 0 Å². The highest BCUT2D eigenvalue weighted by Gasteiger charge is 2.11. The highest BCUT2D eigenvalue weighted by Crippen LogP contribution is 2.14. The first-order valence-corrected chi connectivity index (χ1v) is 8.19. The average Bonchev–Trinajstić information content (AvgIpc) is 2.46. The number of carbonyl (C=O) groups excluding carboxylic acids is 1. The first-order chi connectivity index (χ1) is 10.4. The van der Waals surface area contributed by atoms with E-state index in [0.29, 0.717) is 16.3 Å². The van der Waals surface area contributed by atoms with Gasteiger partial charge in [0.05, 0.1) is 5.41 Å². The minimum absolute atomic E-state index is 0.396. The Bertz CT molecular complexity index is 789. The van der Waals surface area contributed by atoms with Crippen molar-refractivity contribution in [2.24, 2.45) is 0 Å². The largest absolute Gasteiger partial charge is 0.333 e. The highest BCUT2D eigenvalue weighted by atomic mass is 35.5. The summed E-state index contributed by atoms with van der Waals surface area (Å²) >= 11 is 5.78. The number of nitrogens with one attached hydrogen (secondary N) is 2. The van der Waals surface area contributed by atoms with Gasteiger partial charge in [-0.05, 0) is 29.8 Å². The minimum atomic E-state index is -3.88. The van der Waals surface area contributed by atoms with Crippen molar-refractivity contribution >= 4 is 39.4 Å². The lowest BCUT2D eigenvalue weighted by atomic mass is 10.2. The molecule has 22 heavy (non-hydrogen) atoms. The van der Waals surface area contributed by atoms with Gasteiger partial charge in [0, 0.05) is 10.7 Å². The van der Waals surface area contributed by atoms with E-state index in [1.807, 2.05) is 10.8 Å². The van der Waals surface area contributed by atoms with Crippen LogP contribution in [0.25, 0.3) is 6.08 Å². The zero-order valence-electron chi connectivity index (χ0n) is 11.4. The number of hydrogen-bond acceptors (Lipinski definition) is 3. The van der Waals surface area contributed by atoms with E-state index in [-0.39, 0.29) is 0 Å². The molecule has 5 nitrogen and oxygen atoms in total. The first-order valence-electron chi connectivity index (χ1n) is 6.27. The summed E-state index contributed by atoms with van der Waals surface area (Å²) < 4.78 is 25.5. The molecule has 0 saturated carbocycles. The maximum Gasteiger partial charge on any atom is 0.333 e. The molecule has 0 fully saturated rings. The van der Waals surface area contributed by atoms with Crippen molar-refractivity contribution in [2.75, 3.05) is 5.32 Å². The molecule has 2 aromatic rings. The number of rotatable bonds is 4. The number of sulfonamides is 1. The maximum absolute atomic E-state index is 11.8. The first kappa shape index (κ1) is 16.1. The van der Waals surface area contributed by atoms with Crippen LogP contribution >= 0.6 is 11.6 Å². The molecule has 114 valence electrons. The summed E-state index contributed by atoms with van der Waals surface area (Å²) in [5.74, 6) is 0. The van der Waals surface area contributed by atoms with Crippen LogP contribution in [0.3, 0.4) is 0 Å². The van der Waals surface area contributed by atoms with Crippen molar-refractivity contribution in [3.8, 4) is 0 Å². The Morgan fingerprint density at radius 3 is 2.45 bits per heavy atom. The van der Waals surface area contributed by atoms with Gasteiger partial charge in [0.25, 0.3) is 10.0 Å². The summed E-state index contributed by atoms with van der Waals surface area (Å²) in [7, 11) is -3.88. The molecule has 0 atom stereocenters. The van der Waals surface area contributed by atoms with Gasteiger partial charge in [-0.3, -0.25) is 0 Å². The Morgan fingerprint density at radius 1 is 1.05 bits per heavy atom. The number of halogens is 1. The van der Waals surface area contributed by atoms with Crippen molar-refractivity contribution in [3.05, 3.63) is 70.6 Å². The second-order valence-corrected chi connectivity index (χ2v) is 6.33. The van der Waals surface area contributed by atoms with E-state index >= 15 is 0 Å². The zero-order chi connectivity index (χ0) is 16.0. The maximum atomic E-state index is 11.8. The van der Waals surface area contributed by atoms with Gasteiger partial charge < -0.3 is 5.32 Å². The van der Waals surface area contributed by atoms with Gasteiger partial charge in [-0.15, -0.1) is 0 Å². The molecular formula is C15H13ClN2O3S. The Morgan fingerprint density at radius 2 is 1.77 bits per heavy atom. The van der Waals surface area contributed by atoms with Crippen molar-refractivity contribution in [3.63, 3.8) is 0 Å². The topological polar surface area (TPSA) is 75.3 Å². The molecule has 0 aromatic heterocycles. The van der Waals surface area contributed by atoms with E-state index in [1.165, 1.54) is 12.1 Å². The molecule has 0 unspecified atom stereocenters. The summed E-state index contributed by atoms with van der Waals surface area (Å²) in [5.41, 5.74) is 1.11. The van der Waals surface area contributed by atoms with Gasteiger partial charge in [0.1, 0.15) is 0 Å². The van der Waals surface area contributed by atoms with Gasteiger partial charge >= 0.3 is 6.03 Å². The van der Waals surface area contributed by atoms with Crippen molar-refractivity contribution in [1.82, 2.24) is 4.72 Å². The van der Waals surface area contributed by atoms with Gasteiger partial charge in [-0.2, -0.15) is 0 Å². The average molecular weight is 337 g/mol. The number of amides is 2. The van der Waals surface area contributed by atoms with E-state index < -0.39 is 16.1 Å². The molecule has 2 amide bonds. The fourth-order valence-electron chi connectivity index (χ4n) is 1.62. The van der Waals surface area contributed by atoms with Crippen LogP contribution in [0.2, 0.25) is 5.02 Å². The van der Waals surface area contributed by atoms with E-state index in [0.717, 1.165) is 5.41 Å². The van der Waals surface area contributed by atoms with Crippen LogP contribution < -0.4 is 10.0 Å². The minimum Gasteiger partial charge on any atom is -0.307 e. The number of anilines is 1. The number of hydrogen-bond donors (Lipinski definition) is 2. The van der Waals surface area contributed by atoms with Crippen molar-refractivity contribution < 1.29 is 13.2 Å². The normalized spacial score (nSPS) is 11.3. The molecular weight excluding hydrogens is 324 g/mol. The lowest BCUT2D eigenvalue weighted by Gasteiger charge is -2.06. The molecule has 0 saturated heterocycles. The summed E-state index contributed by atoms with van der Waals surface area (Å²) in [6.45, 7) is 0. The molecule has 0 radical (unpaired) electrons. The smallest absolute Gasteiger partial charge is 0.307 e. The molecule has 7 heteroatoms. The Hall–Kier alpha value is -2.31. The van der Waals surface area contributed by atoms with E-state index in [2.05, 4.69) is 5.32 Å². The molecule has 2 N–H and O–H groups in total. The summed E-state index contributed by atoms with van der Waals surface area (Å²) in [6.07, 6.45) is 1.40. The summed E-state index contributed by atoms with van der Waals surface area (Å²) in [6, 6.07) is 14.4. The van der Waals surface area contributed by atoms with Gasteiger partial charge in [-0.25, -0.2) is 17.9 Å². The van der Waals surface area contributed by atoms with E-state index in [1.54, 1.807) is 42.5 Å². The number of urea groups is 1. The number of benzene rings is 2. The van der Waals surface area contributed by atoms with Crippen molar-refractivity contribution in [2.45, 2.75) is 0 Å². The molecule has 0 heterocycles. The van der Waals surface area contributed by atoms with Gasteiger partial charge in [-0.1, -0.05) is 48.0 Å². The third kappa shape index (κ3) is 5.23. The summed E-state index contributed by atoms with van der Waals surface area (Å²) in [5, 5.41) is 3.75. The molecule has 2 rings (SSSR count). The fourth-order valence-corrected chi connectivity index (χ4v) is 2.52. The van der Waals surface area contributed by atoms with Crippen LogP contribution in [0.5, 0.6) is 0 Å². The predicted molar refractivity (Wildman–Crippen MR) is 88.0 cm³/mol. The molecule has 0 aliphatic heterocycles. The lowest BCUT2D eigenvalue weighted by Crippen LogP contribution is -2.32. The van der Waals surface area contributed by atoms with E-state index in [9.17, 15) is 13.2 Å². The van der Waals surface area contributed by atoms with Gasteiger partial charge in [0.15, 0.2) is 0 Å². The molecule has 0 spiro atoms. The van der Waals surface area contributed by atoms with Crippen molar-refractivity contribution in [1.29, 1.82) is 0 Å².